The zero-order valence-corrected chi connectivity index (χ0v) is 21.6. The van der Waals surface area contributed by atoms with Crippen LogP contribution < -0.4 is 4.74 Å². The van der Waals surface area contributed by atoms with Gasteiger partial charge in [-0.05, 0) is 80.6 Å². The minimum atomic E-state index is -3.86. The van der Waals surface area contributed by atoms with Crippen molar-refractivity contribution in [1.82, 2.24) is 9.21 Å². The van der Waals surface area contributed by atoms with Crippen LogP contribution >= 0.6 is 11.3 Å². The number of benzene rings is 2. The summed E-state index contributed by atoms with van der Waals surface area (Å²) < 4.78 is 47.2. The van der Waals surface area contributed by atoms with Crippen molar-refractivity contribution in [2.24, 2.45) is 0 Å². The first-order valence-electron chi connectivity index (χ1n) is 11.5. The molecule has 1 amide bonds. The van der Waals surface area contributed by atoms with Crippen molar-refractivity contribution in [3.05, 3.63) is 81.8 Å². The lowest BCUT2D eigenvalue weighted by Crippen LogP contribution is -2.49. The average Bonchev–Trinajstić information content (AvgIpc) is 3.31. The van der Waals surface area contributed by atoms with Gasteiger partial charge in [-0.3, -0.25) is 4.79 Å². The van der Waals surface area contributed by atoms with E-state index < -0.39 is 16.1 Å². The predicted molar refractivity (Wildman–Crippen MR) is 135 cm³/mol. The zero-order valence-electron chi connectivity index (χ0n) is 20.0. The Kier molecular flexibility index (Phi) is 7.59. The number of thiophene rings is 1. The maximum atomic E-state index is 13.6. The molecule has 0 N–H and O–H groups in total. The fraction of sp³-hybridized carbons (Fsp3) is 0.346. The van der Waals surface area contributed by atoms with Crippen LogP contribution in [0.2, 0.25) is 0 Å². The molecule has 6 nitrogen and oxygen atoms in total. The van der Waals surface area contributed by atoms with E-state index in [1.165, 1.54) is 21.3 Å². The average molecular weight is 517 g/mol. The van der Waals surface area contributed by atoms with Gasteiger partial charge in [-0.1, -0.05) is 17.7 Å². The highest BCUT2D eigenvalue weighted by atomic mass is 32.2. The van der Waals surface area contributed by atoms with E-state index in [1.54, 1.807) is 66.5 Å². The second-order valence-corrected chi connectivity index (χ2v) is 11.8. The molecule has 0 saturated carbocycles. The molecule has 1 aromatic heterocycles. The molecule has 1 aliphatic heterocycles. The van der Waals surface area contributed by atoms with Crippen LogP contribution in [-0.2, 0) is 21.2 Å². The number of ether oxygens (including phenoxy) is 1. The van der Waals surface area contributed by atoms with Gasteiger partial charge < -0.3 is 9.64 Å². The number of carbonyl (C=O) groups is 1. The Labute approximate surface area is 210 Å². The van der Waals surface area contributed by atoms with E-state index >= 15 is 0 Å². The Morgan fingerprint density at radius 1 is 1.14 bits per heavy atom. The van der Waals surface area contributed by atoms with Gasteiger partial charge in [-0.15, -0.1) is 11.3 Å². The molecule has 0 spiro atoms. The van der Waals surface area contributed by atoms with Crippen LogP contribution in [-0.4, -0.2) is 49.3 Å². The fourth-order valence-electron chi connectivity index (χ4n) is 4.20. The van der Waals surface area contributed by atoms with Gasteiger partial charge in [0.2, 0.25) is 15.9 Å². The molecule has 1 aliphatic rings. The molecule has 2 heterocycles. The maximum Gasteiger partial charge on any atom is 0.243 e. The minimum Gasteiger partial charge on any atom is -0.491 e. The smallest absolute Gasteiger partial charge is 0.243 e. The molecule has 3 aromatic rings. The van der Waals surface area contributed by atoms with Crippen molar-refractivity contribution in [2.45, 2.75) is 44.2 Å². The van der Waals surface area contributed by atoms with Gasteiger partial charge in [0.25, 0.3) is 0 Å². The van der Waals surface area contributed by atoms with Gasteiger partial charge in [0.1, 0.15) is 18.2 Å². The standard InChI is InChI=1S/C26H29FN2O4S2/c1-18(2)29(35(31,32)22-10-4-19(3)5-11-22)16-26(30)28-14-12-25-23(13-15-34-25)24(28)17-33-21-8-6-20(27)7-9-21/h4-11,13,15,18,24H,12,14,16-17H2,1-3H3/t24-/m1/s1. The highest BCUT2D eigenvalue weighted by Gasteiger charge is 2.36. The number of hydrogen-bond donors (Lipinski definition) is 0. The van der Waals surface area contributed by atoms with Crippen LogP contribution in [0.5, 0.6) is 5.75 Å². The van der Waals surface area contributed by atoms with E-state index in [2.05, 4.69) is 0 Å². The van der Waals surface area contributed by atoms with Crippen LogP contribution in [0.25, 0.3) is 0 Å². The molecule has 2 aromatic carbocycles. The molecular formula is C26H29FN2O4S2. The molecular weight excluding hydrogens is 487 g/mol. The number of rotatable bonds is 8. The topological polar surface area (TPSA) is 66.9 Å². The molecule has 186 valence electrons. The third-order valence-electron chi connectivity index (χ3n) is 6.13. The van der Waals surface area contributed by atoms with Crippen molar-refractivity contribution in [1.29, 1.82) is 0 Å². The molecule has 1 atom stereocenters. The number of hydrogen-bond acceptors (Lipinski definition) is 5. The predicted octanol–water partition coefficient (Wildman–Crippen LogP) is 4.80. The number of carbonyl (C=O) groups excluding carboxylic acids is 1. The largest absolute Gasteiger partial charge is 0.491 e. The monoisotopic (exact) mass is 516 g/mol. The molecule has 0 radical (unpaired) electrons. The van der Waals surface area contributed by atoms with Crippen molar-refractivity contribution in [3.8, 4) is 5.75 Å². The molecule has 0 bridgehead atoms. The Morgan fingerprint density at radius 2 is 1.83 bits per heavy atom. The number of amides is 1. The van der Waals surface area contributed by atoms with E-state index in [9.17, 15) is 17.6 Å². The summed E-state index contributed by atoms with van der Waals surface area (Å²) in [6.07, 6.45) is 0.707. The number of halogens is 1. The normalized spacial score (nSPS) is 15.9. The third kappa shape index (κ3) is 5.58. The van der Waals surface area contributed by atoms with E-state index in [0.717, 1.165) is 11.1 Å². The van der Waals surface area contributed by atoms with Crippen LogP contribution in [0, 0.1) is 12.7 Å². The number of fused-ring (bicyclic) bond motifs is 1. The first-order valence-corrected chi connectivity index (χ1v) is 13.8. The molecule has 0 unspecified atom stereocenters. The Hall–Kier alpha value is -2.75. The van der Waals surface area contributed by atoms with E-state index in [4.69, 9.17) is 4.74 Å². The summed E-state index contributed by atoms with van der Waals surface area (Å²) in [6, 6.07) is 13.6. The fourth-order valence-corrected chi connectivity index (χ4v) is 6.71. The molecule has 9 heteroatoms. The SMILES string of the molecule is Cc1ccc(S(=O)(=O)N(CC(=O)N2CCc3sccc3[C@H]2COc2ccc(F)cc2)C(C)C)cc1. The van der Waals surface area contributed by atoms with Gasteiger partial charge in [0.15, 0.2) is 0 Å². The summed E-state index contributed by atoms with van der Waals surface area (Å²) in [4.78, 5) is 16.6. The van der Waals surface area contributed by atoms with Crippen molar-refractivity contribution in [3.63, 3.8) is 0 Å². The second kappa shape index (κ2) is 10.5. The first kappa shape index (κ1) is 25.3. The number of sulfonamides is 1. The number of aryl methyl sites for hydroxylation is 1. The highest BCUT2D eigenvalue weighted by molar-refractivity contribution is 7.89. The van der Waals surface area contributed by atoms with Gasteiger partial charge >= 0.3 is 0 Å². The first-order chi connectivity index (χ1) is 16.7. The summed E-state index contributed by atoms with van der Waals surface area (Å²) in [5.41, 5.74) is 1.97. The van der Waals surface area contributed by atoms with Crippen LogP contribution in [0.3, 0.4) is 0 Å². The van der Waals surface area contributed by atoms with Gasteiger partial charge in [0, 0.05) is 17.5 Å². The number of nitrogens with zero attached hydrogens (tertiary/aromatic N) is 2. The van der Waals surface area contributed by atoms with E-state index in [1.807, 2.05) is 18.4 Å². The minimum absolute atomic E-state index is 0.166. The Bertz CT molecular complexity index is 1270. The lowest BCUT2D eigenvalue weighted by atomic mass is 10.0. The molecule has 0 aliphatic carbocycles. The van der Waals surface area contributed by atoms with Crippen LogP contribution in [0.15, 0.2) is 64.9 Å². The molecule has 0 fully saturated rings. The van der Waals surface area contributed by atoms with Crippen LogP contribution in [0.1, 0.15) is 35.9 Å². The lowest BCUT2D eigenvalue weighted by molar-refractivity contribution is -0.135. The van der Waals surface area contributed by atoms with Crippen LogP contribution in [0.4, 0.5) is 4.39 Å². The molecule has 4 rings (SSSR count). The molecule has 0 saturated heterocycles. The van der Waals surface area contributed by atoms with Crippen molar-refractivity contribution >= 4 is 27.3 Å². The summed E-state index contributed by atoms with van der Waals surface area (Å²) in [5.74, 6) is -0.124. The van der Waals surface area contributed by atoms with E-state index in [0.29, 0.717) is 18.7 Å². The quantitative estimate of drug-likeness (QED) is 0.431. The van der Waals surface area contributed by atoms with Crippen molar-refractivity contribution < 1.29 is 22.3 Å². The maximum absolute atomic E-state index is 13.6. The van der Waals surface area contributed by atoms with Crippen molar-refractivity contribution in [2.75, 3.05) is 19.7 Å². The summed E-state index contributed by atoms with van der Waals surface area (Å²) in [7, 11) is -3.86. The summed E-state index contributed by atoms with van der Waals surface area (Å²) in [5, 5.41) is 1.99. The third-order valence-corrected chi connectivity index (χ3v) is 9.16. The lowest BCUT2D eigenvalue weighted by Gasteiger charge is -2.37. The Balaban J connectivity index is 1.56. The van der Waals surface area contributed by atoms with Gasteiger partial charge in [-0.2, -0.15) is 4.31 Å². The second-order valence-electron chi connectivity index (χ2n) is 8.87. The summed E-state index contributed by atoms with van der Waals surface area (Å²) >= 11 is 1.64. The highest BCUT2D eigenvalue weighted by Crippen LogP contribution is 2.34. The molecule has 35 heavy (non-hydrogen) atoms. The Morgan fingerprint density at radius 3 is 2.49 bits per heavy atom. The van der Waals surface area contributed by atoms with Gasteiger partial charge in [-0.25, -0.2) is 12.8 Å². The van der Waals surface area contributed by atoms with Gasteiger partial charge in [0.05, 0.1) is 17.5 Å². The summed E-state index contributed by atoms with van der Waals surface area (Å²) in [6.45, 7) is 5.82. The van der Waals surface area contributed by atoms with E-state index in [-0.39, 0.29) is 35.8 Å². The zero-order chi connectivity index (χ0) is 25.2.